The van der Waals surface area contributed by atoms with Gasteiger partial charge in [0.1, 0.15) is 11.6 Å². The van der Waals surface area contributed by atoms with E-state index in [-0.39, 0.29) is 12.4 Å². The van der Waals surface area contributed by atoms with Crippen LogP contribution in [0.1, 0.15) is 24.5 Å². The van der Waals surface area contributed by atoms with Crippen molar-refractivity contribution >= 4 is 22.5 Å². The minimum atomic E-state index is -1.29. The molecule has 3 aromatic carbocycles. The Morgan fingerprint density at radius 3 is 2.54 bits per heavy atom. The van der Waals surface area contributed by atoms with Crippen LogP contribution in [-0.4, -0.2) is 47.1 Å². The highest BCUT2D eigenvalue weighted by molar-refractivity contribution is 6.02. The number of allylic oxidation sites excluding steroid dienone is 1. The first-order valence-corrected chi connectivity index (χ1v) is 13.2. The second-order valence-corrected chi connectivity index (χ2v) is 9.56. The summed E-state index contributed by atoms with van der Waals surface area (Å²) in [6, 6.07) is 15.0. The van der Waals surface area contributed by atoms with Gasteiger partial charge < -0.3 is 23.8 Å². The smallest absolute Gasteiger partial charge is 0.178 e. The zero-order chi connectivity index (χ0) is 27.4. The van der Waals surface area contributed by atoms with Gasteiger partial charge in [0.25, 0.3) is 0 Å². The predicted molar refractivity (Wildman–Crippen MR) is 151 cm³/mol. The van der Waals surface area contributed by atoms with Gasteiger partial charge in [-0.3, -0.25) is 0 Å². The molecule has 1 saturated heterocycles. The Kier molecular flexibility index (Phi) is 8.00. The summed E-state index contributed by atoms with van der Waals surface area (Å²) in [5, 5.41) is 2.16. The summed E-state index contributed by atoms with van der Waals surface area (Å²) in [6.07, 6.45) is 7.83. The Labute approximate surface area is 227 Å². The quantitative estimate of drug-likeness (QED) is 0.293. The van der Waals surface area contributed by atoms with E-state index < -0.39 is 17.2 Å². The lowest BCUT2D eigenvalue weighted by Gasteiger charge is -2.38. The van der Waals surface area contributed by atoms with E-state index in [0.29, 0.717) is 36.5 Å². The number of methoxy groups -OCH3 is 2. The van der Waals surface area contributed by atoms with E-state index in [1.807, 2.05) is 43.4 Å². The third-order valence-corrected chi connectivity index (χ3v) is 7.16. The van der Waals surface area contributed by atoms with E-state index in [2.05, 4.69) is 17.0 Å². The van der Waals surface area contributed by atoms with Crippen LogP contribution in [0.3, 0.4) is 0 Å². The van der Waals surface area contributed by atoms with Gasteiger partial charge >= 0.3 is 0 Å². The Bertz CT molecular complexity index is 1440. The number of halogens is 2. The van der Waals surface area contributed by atoms with Crippen molar-refractivity contribution in [3.05, 3.63) is 95.1 Å². The topological polar surface area (TPSA) is 40.2 Å². The summed E-state index contributed by atoms with van der Waals surface area (Å²) in [5.41, 5.74) is 1.74. The number of anilines is 1. The zero-order valence-electron chi connectivity index (χ0n) is 22.5. The van der Waals surface area contributed by atoms with Crippen LogP contribution in [0.2, 0.25) is 0 Å². The van der Waals surface area contributed by atoms with Gasteiger partial charge in [-0.1, -0.05) is 43.3 Å². The maximum atomic E-state index is 15.1. The average molecular weight is 534 g/mol. The van der Waals surface area contributed by atoms with E-state index in [1.165, 1.54) is 26.4 Å². The van der Waals surface area contributed by atoms with Crippen molar-refractivity contribution in [1.82, 2.24) is 0 Å². The number of benzene rings is 3. The van der Waals surface area contributed by atoms with Gasteiger partial charge in [0.15, 0.2) is 17.2 Å². The molecule has 3 aromatic rings. The largest absolute Gasteiger partial charge is 0.494 e. The molecular weight excluding hydrogens is 500 g/mol. The van der Waals surface area contributed by atoms with Crippen molar-refractivity contribution in [1.29, 1.82) is 0 Å². The number of hydrogen-bond acceptors (Lipinski definition) is 5. The summed E-state index contributed by atoms with van der Waals surface area (Å²) in [6.45, 7) is 4.61. The average Bonchev–Trinajstić information content (AvgIpc) is 2.96. The fourth-order valence-electron chi connectivity index (χ4n) is 5.34. The number of morpholine rings is 1. The maximum Gasteiger partial charge on any atom is 0.178 e. The Hall–Kier alpha value is -3.68. The molecule has 7 heteroatoms. The molecule has 0 amide bonds. The van der Waals surface area contributed by atoms with E-state index in [1.54, 1.807) is 12.1 Å². The molecule has 0 radical (unpaired) electrons. The molecule has 39 heavy (non-hydrogen) atoms. The van der Waals surface area contributed by atoms with Crippen LogP contribution in [0.25, 0.3) is 16.8 Å². The number of rotatable bonds is 8. The normalized spacial score (nSPS) is 19.7. The molecule has 1 atom stereocenters. The van der Waals surface area contributed by atoms with Crippen LogP contribution in [0.5, 0.6) is 11.5 Å². The summed E-state index contributed by atoms with van der Waals surface area (Å²) in [7, 11) is 2.86. The zero-order valence-corrected chi connectivity index (χ0v) is 22.5. The van der Waals surface area contributed by atoms with E-state index in [4.69, 9.17) is 18.9 Å². The van der Waals surface area contributed by atoms with Crippen LogP contribution < -0.4 is 14.4 Å². The lowest BCUT2D eigenvalue weighted by molar-refractivity contribution is 0.122. The second-order valence-electron chi connectivity index (χ2n) is 9.56. The van der Waals surface area contributed by atoms with Crippen LogP contribution in [-0.2, 0) is 15.1 Å². The van der Waals surface area contributed by atoms with Crippen molar-refractivity contribution in [2.75, 3.05) is 52.0 Å². The SMILES string of the molecule is CC/C=C(\C=C(\F)COC)C1(c2ccc(OC)c(F)c2)C=Cc2c(cc(N3CCOCC3)c3ccccc23)O1. The predicted octanol–water partition coefficient (Wildman–Crippen LogP) is 6.96. The minimum Gasteiger partial charge on any atom is -0.494 e. The molecular formula is C32H33F2NO4. The van der Waals surface area contributed by atoms with E-state index >= 15 is 4.39 Å². The molecule has 0 aromatic heterocycles. The molecule has 2 heterocycles. The summed E-state index contributed by atoms with van der Waals surface area (Å²) in [5.74, 6) is -0.226. The number of nitrogens with zero attached hydrogens (tertiary/aromatic N) is 1. The molecule has 0 bridgehead atoms. The second kappa shape index (κ2) is 11.6. The van der Waals surface area contributed by atoms with Crippen LogP contribution >= 0.6 is 0 Å². The van der Waals surface area contributed by atoms with Crippen molar-refractivity contribution in [2.24, 2.45) is 0 Å². The first kappa shape index (κ1) is 26.9. The molecule has 0 aliphatic carbocycles. The third kappa shape index (κ3) is 5.16. The highest BCUT2D eigenvalue weighted by Crippen LogP contribution is 2.48. The van der Waals surface area contributed by atoms with Crippen LogP contribution in [0, 0.1) is 5.82 Å². The van der Waals surface area contributed by atoms with Gasteiger partial charge in [0, 0.05) is 54.0 Å². The van der Waals surface area contributed by atoms with Crippen molar-refractivity contribution in [3.8, 4) is 11.5 Å². The number of hydrogen-bond donors (Lipinski definition) is 0. The highest BCUT2D eigenvalue weighted by atomic mass is 19.1. The van der Waals surface area contributed by atoms with Crippen molar-refractivity contribution < 1.29 is 27.7 Å². The standard InChI is InChI=1S/C32H33F2NO4/c1-4-7-22(18-24(33)21-36-2)32(23-10-11-30(37-3)28(34)19-23)13-12-27-25-8-5-6-9-26(25)29(20-31(27)39-32)35-14-16-38-17-15-35/h5-13,18-20H,4,14-17,21H2,1-3H3/b22-7+,24-18+. The summed E-state index contributed by atoms with van der Waals surface area (Å²) in [4.78, 5) is 2.30. The molecule has 5 nitrogen and oxygen atoms in total. The van der Waals surface area contributed by atoms with Gasteiger partial charge in [-0.25, -0.2) is 8.78 Å². The summed E-state index contributed by atoms with van der Waals surface area (Å²) < 4.78 is 52.7. The number of ether oxygens (including phenoxy) is 4. The first-order chi connectivity index (χ1) is 19.0. The van der Waals surface area contributed by atoms with Gasteiger partial charge in [-0.2, -0.15) is 0 Å². The molecule has 1 unspecified atom stereocenters. The van der Waals surface area contributed by atoms with Crippen LogP contribution in [0.4, 0.5) is 14.5 Å². The molecule has 5 rings (SSSR count). The first-order valence-electron chi connectivity index (χ1n) is 13.2. The Balaban J connectivity index is 1.73. The van der Waals surface area contributed by atoms with E-state index in [0.717, 1.165) is 35.1 Å². The monoisotopic (exact) mass is 533 g/mol. The molecule has 0 N–H and O–H groups in total. The van der Waals surface area contributed by atoms with Crippen molar-refractivity contribution in [3.63, 3.8) is 0 Å². The minimum absolute atomic E-state index is 0.122. The van der Waals surface area contributed by atoms with Crippen LogP contribution in [0.15, 0.2) is 78.2 Å². The van der Waals surface area contributed by atoms with Gasteiger partial charge in [0.05, 0.1) is 26.9 Å². The molecule has 0 spiro atoms. The van der Waals surface area contributed by atoms with E-state index in [9.17, 15) is 4.39 Å². The maximum absolute atomic E-state index is 15.1. The Morgan fingerprint density at radius 2 is 1.85 bits per heavy atom. The molecule has 2 aliphatic heterocycles. The fraction of sp³-hybridized carbons (Fsp3) is 0.312. The van der Waals surface area contributed by atoms with Gasteiger partial charge in [-0.15, -0.1) is 0 Å². The molecule has 204 valence electrons. The lowest BCUT2D eigenvalue weighted by atomic mass is 9.81. The number of fused-ring (bicyclic) bond motifs is 3. The summed E-state index contributed by atoms with van der Waals surface area (Å²) >= 11 is 0. The fourth-order valence-corrected chi connectivity index (χ4v) is 5.34. The van der Waals surface area contributed by atoms with Gasteiger partial charge in [-0.05, 0) is 42.2 Å². The third-order valence-electron chi connectivity index (χ3n) is 7.16. The molecule has 1 fully saturated rings. The lowest BCUT2D eigenvalue weighted by Crippen LogP contribution is -2.37. The molecule has 2 aliphatic rings. The van der Waals surface area contributed by atoms with Crippen molar-refractivity contribution in [2.45, 2.75) is 18.9 Å². The molecule has 0 saturated carbocycles. The highest BCUT2D eigenvalue weighted by Gasteiger charge is 2.39. The van der Waals surface area contributed by atoms with Gasteiger partial charge in [0.2, 0.25) is 0 Å². The Morgan fingerprint density at radius 1 is 1.08 bits per heavy atom.